The Bertz CT molecular complexity index is 994. The number of fused-ring (bicyclic) bond motifs is 1. The van der Waals surface area contributed by atoms with Crippen molar-refractivity contribution >= 4 is 29.9 Å². The Morgan fingerprint density at radius 3 is 2.58 bits per heavy atom. The maximum Gasteiger partial charge on any atom is 0.415 e. The standard InChI is InChI=1S/C23H26N2O6/c1-30-19(28)23-10-9-21-8-5-11-24(14-26)18(21)22(23,13-15(27)12-21)16-6-3-4-7-17(16)25(23)20(29)31-2/h3-4,6-7,14,18H,5,8-13H2,1-2H3. The second-order valence-electron chi connectivity index (χ2n) is 9.25. The van der Waals surface area contributed by atoms with Crippen LogP contribution in [0.4, 0.5) is 10.5 Å². The summed E-state index contributed by atoms with van der Waals surface area (Å²) in [6, 6.07) is 6.91. The highest BCUT2D eigenvalue weighted by molar-refractivity contribution is 6.06. The predicted octanol–water partition coefficient (Wildman–Crippen LogP) is 2.19. The Hall–Kier alpha value is -2.90. The van der Waals surface area contributed by atoms with E-state index in [-0.39, 0.29) is 18.2 Å². The third-order valence-electron chi connectivity index (χ3n) is 8.24. The van der Waals surface area contributed by atoms with Crippen molar-refractivity contribution in [1.29, 1.82) is 0 Å². The third-order valence-corrected chi connectivity index (χ3v) is 8.24. The van der Waals surface area contributed by atoms with E-state index in [0.717, 1.165) is 24.8 Å². The first-order valence-corrected chi connectivity index (χ1v) is 10.7. The van der Waals surface area contributed by atoms with Crippen LogP contribution in [0.1, 0.15) is 44.1 Å². The molecule has 2 bridgehead atoms. The molecule has 4 unspecified atom stereocenters. The number of Topliss-reactive ketones (excluding diaryl/α,β-unsaturated/α-hetero) is 1. The largest absolute Gasteiger partial charge is 0.467 e. The van der Waals surface area contributed by atoms with Gasteiger partial charge in [0.1, 0.15) is 5.78 Å². The fraction of sp³-hybridized carbons (Fsp3) is 0.565. The molecule has 2 aliphatic carbocycles. The van der Waals surface area contributed by atoms with E-state index in [1.165, 1.54) is 19.1 Å². The number of rotatable bonds is 2. The van der Waals surface area contributed by atoms with Crippen LogP contribution in [-0.2, 0) is 29.3 Å². The van der Waals surface area contributed by atoms with Gasteiger partial charge in [-0.3, -0.25) is 14.5 Å². The van der Waals surface area contributed by atoms with E-state index >= 15 is 0 Å². The molecule has 2 aliphatic heterocycles. The Kier molecular flexibility index (Phi) is 4.23. The lowest BCUT2D eigenvalue weighted by Gasteiger charge is -2.66. The van der Waals surface area contributed by atoms with Crippen molar-refractivity contribution in [3.05, 3.63) is 29.8 Å². The van der Waals surface area contributed by atoms with Crippen LogP contribution in [0.15, 0.2) is 24.3 Å². The van der Waals surface area contributed by atoms with Crippen molar-refractivity contribution in [1.82, 2.24) is 4.90 Å². The van der Waals surface area contributed by atoms with E-state index in [9.17, 15) is 19.2 Å². The summed E-state index contributed by atoms with van der Waals surface area (Å²) in [5.41, 5.74) is -1.67. The quantitative estimate of drug-likeness (QED) is 0.532. The molecule has 164 valence electrons. The minimum absolute atomic E-state index is 0.0542. The van der Waals surface area contributed by atoms with Gasteiger partial charge in [-0.1, -0.05) is 18.2 Å². The van der Waals surface area contributed by atoms with Crippen LogP contribution in [0, 0.1) is 5.41 Å². The number of carbonyl (C=O) groups is 4. The number of anilines is 1. The molecule has 4 atom stereocenters. The van der Waals surface area contributed by atoms with Crippen LogP contribution >= 0.6 is 0 Å². The number of methoxy groups -OCH3 is 2. The predicted molar refractivity (Wildman–Crippen MR) is 109 cm³/mol. The highest BCUT2D eigenvalue weighted by atomic mass is 16.5. The number of ether oxygens (including phenoxy) is 2. The second-order valence-corrected chi connectivity index (χ2v) is 9.25. The second kappa shape index (κ2) is 6.55. The van der Waals surface area contributed by atoms with Gasteiger partial charge < -0.3 is 14.4 Å². The molecule has 1 spiro atoms. The SMILES string of the molecule is COC(=O)N1c2ccccc2C23CC(=O)CC4(CCCN(C=O)C42)CCC13C(=O)OC. The van der Waals surface area contributed by atoms with Gasteiger partial charge in [-0.2, -0.15) is 0 Å². The van der Waals surface area contributed by atoms with Crippen molar-refractivity contribution < 1.29 is 28.7 Å². The summed E-state index contributed by atoms with van der Waals surface area (Å²) in [7, 11) is 2.58. The van der Waals surface area contributed by atoms with E-state index in [0.29, 0.717) is 31.5 Å². The van der Waals surface area contributed by atoms with Crippen molar-refractivity contribution in [3.8, 4) is 0 Å². The van der Waals surface area contributed by atoms with Gasteiger partial charge in [0.2, 0.25) is 6.41 Å². The molecule has 0 aromatic heterocycles. The monoisotopic (exact) mass is 426 g/mol. The summed E-state index contributed by atoms with van der Waals surface area (Å²) >= 11 is 0. The summed E-state index contributed by atoms with van der Waals surface area (Å²) in [5.74, 6) is -0.521. The van der Waals surface area contributed by atoms with E-state index in [1.807, 2.05) is 12.1 Å². The highest BCUT2D eigenvalue weighted by Crippen LogP contribution is 2.69. The number of carbonyl (C=O) groups excluding carboxylic acids is 4. The topological polar surface area (TPSA) is 93.2 Å². The molecule has 8 heteroatoms. The number of nitrogens with zero attached hydrogens (tertiary/aromatic N) is 2. The van der Waals surface area contributed by atoms with Gasteiger partial charge >= 0.3 is 12.1 Å². The van der Waals surface area contributed by atoms with E-state index in [4.69, 9.17) is 9.47 Å². The lowest BCUT2D eigenvalue weighted by Crippen LogP contribution is -2.79. The molecule has 2 saturated carbocycles. The number of hydrogen-bond acceptors (Lipinski definition) is 6. The van der Waals surface area contributed by atoms with Gasteiger partial charge in [-0.15, -0.1) is 0 Å². The lowest BCUT2D eigenvalue weighted by atomic mass is 9.42. The van der Waals surface area contributed by atoms with Crippen LogP contribution in [0.25, 0.3) is 0 Å². The maximum atomic E-state index is 13.6. The van der Waals surface area contributed by atoms with Crippen LogP contribution in [0.3, 0.4) is 0 Å². The Labute approximate surface area is 180 Å². The van der Waals surface area contributed by atoms with Crippen molar-refractivity contribution in [2.45, 2.75) is 55.5 Å². The highest BCUT2D eigenvalue weighted by Gasteiger charge is 2.79. The number of hydrogen-bond donors (Lipinski definition) is 0. The van der Waals surface area contributed by atoms with Gasteiger partial charge in [-0.25, -0.2) is 9.59 Å². The molecule has 2 amide bonds. The number of ketones is 1. The summed E-state index contributed by atoms with van der Waals surface area (Å²) in [6.45, 7) is 0.559. The molecule has 0 radical (unpaired) electrons. The molecule has 8 nitrogen and oxygen atoms in total. The fourth-order valence-corrected chi connectivity index (χ4v) is 7.49. The Morgan fingerprint density at radius 2 is 1.87 bits per heavy atom. The van der Waals surface area contributed by atoms with E-state index < -0.39 is 28.4 Å². The van der Waals surface area contributed by atoms with Crippen LogP contribution < -0.4 is 4.90 Å². The fourth-order valence-electron chi connectivity index (χ4n) is 7.49. The number of piperidine rings is 1. The van der Waals surface area contributed by atoms with Crippen molar-refractivity contribution in [2.75, 3.05) is 25.7 Å². The summed E-state index contributed by atoms with van der Waals surface area (Å²) < 4.78 is 10.4. The van der Waals surface area contributed by atoms with Crippen LogP contribution in [0.5, 0.6) is 0 Å². The van der Waals surface area contributed by atoms with E-state index in [2.05, 4.69) is 0 Å². The zero-order valence-electron chi connectivity index (χ0n) is 17.8. The summed E-state index contributed by atoms with van der Waals surface area (Å²) in [4.78, 5) is 55.5. The number of amides is 2. The molecular weight excluding hydrogens is 400 g/mol. The third kappa shape index (κ3) is 2.15. The number of likely N-dealkylation sites (tertiary alicyclic amines) is 1. The number of benzene rings is 1. The maximum absolute atomic E-state index is 13.6. The molecule has 4 aliphatic rings. The molecule has 31 heavy (non-hydrogen) atoms. The Balaban J connectivity index is 1.89. The molecule has 0 N–H and O–H groups in total. The summed E-state index contributed by atoms with van der Waals surface area (Å²) in [6.07, 6.45) is 3.15. The average Bonchev–Trinajstić information content (AvgIpc) is 3.03. The number of para-hydroxylation sites is 1. The first kappa shape index (κ1) is 20.0. The van der Waals surface area contributed by atoms with Crippen LogP contribution in [0.2, 0.25) is 0 Å². The Morgan fingerprint density at radius 1 is 1.10 bits per heavy atom. The molecule has 3 fully saturated rings. The normalized spacial score (nSPS) is 35.5. The summed E-state index contributed by atoms with van der Waals surface area (Å²) in [5, 5.41) is 0. The van der Waals surface area contributed by atoms with Crippen molar-refractivity contribution in [2.24, 2.45) is 5.41 Å². The molecule has 1 saturated heterocycles. The van der Waals surface area contributed by atoms with Gasteiger partial charge in [0.05, 0.1) is 31.4 Å². The molecule has 5 rings (SSSR count). The zero-order valence-corrected chi connectivity index (χ0v) is 17.8. The van der Waals surface area contributed by atoms with Gasteiger partial charge in [0, 0.05) is 19.4 Å². The smallest absolute Gasteiger partial charge is 0.415 e. The van der Waals surface area contributed by atoms with E-state index in [1.54, 1.807) is 17.0 Å². The van der Waals surface area contributed by atoms with Gasteiger partial charge in [0.15, 0.2) is 5.54 Å². The zero-order chi connectivity index (χ0) is 22.0. The minimum Gasteiger partial charge on any atom is -0.467 e. The minimum atomic E-state index is -1.46. The molecular formula is C23H26N2O6. The van der Waals surface area contributed by atoms with Crippen LogP contribution in [-0.4, -0.2) is 61.5 Å². The lowest BCUT2D eigenvalue weighted by molar-refractivity contribution is -0.175. The average molecular weight is 426 g/mol. The molecule has 2 heterocycles. The van der Waals surface area contributed by atoms with Gasteiger partial charge in [-0.05, 0) is 42.7 Å². The van der Waals surface area contributed by atoms with Gasteiger partial charge in [0.25, 0.3) is 0 Å². The number of esters is 1. The first-order chi connectivity index (χ1) is 14.9. The first-order valence-electron chi connectivity index (χ1n) is 10.7. The molecule has 1 aromatic carbocycles. The molecule has 1 aromatic rings. The van der Waals surface area contributed by atoms with Crippen molar-refractivity contribution in [3.63, 3.8) is 0 Å².